The van der Waals surface area contributed by atoms with E-state index in [0.29, 0.717) is 21.9 Å². The lowest BCUT2D eigenvalue weighted by atomic mass is 9.95. The van der Waals surface area contributed by atoms with Crippen molar-refractivity contribution >= 4 is 45.1 Å². The molecule has 3 N–H and O–H groups in total. The molecule has 0 aliphatic heterocycles. The zero-order chi connectivity index (χ0) is 27.5. The molecule has 2 aromatic carbocycles. The number of anilines is 1. The Morgan fingerprint density at radius 3 is 2.59 bits per heavy atom. The van der Waals surface area contributed by atoms with Crippen LogP contribution in [0.2, 0.25) is 0 Å². The molecule has 0 atom stereocenters. The van der Waals surface area contributed by atoms with Crippen molar-refractivity contribution in [1.29, 1.82) is 0 Å². The zero-order valence-electron chi connectivity index (χ0n) is 21.2. The van der Waals surface area contributed by atoms with Gasteiger partial charge in [-0.1, -0.05) is 12.1 Å². The molecule has 9 nitrogen and oxygen atoms in total. The van der Waals surface area contributed by atoms with Gasteiger partial charge in [-0.15, -0.1) is 11.3 Å². The van der Waals surface area contributed by atoms with E-state index >= 15 is 0 Å². The molecule has 0 saturated carbocycles. The number of carbonyl (C=O) groups is 3. The van der Waals surface area contributed by atoms with Crippen LogP contribution >= 0.6 is 11.3 Å². The predicted molar refractivity (Wildman–Crippen MR) is 146 cm³/mol. The van der Waals surface area contributed by atoms with Gasteiger partial charge in [0, 0.05) is 22.4 Å². The summed E-state index contributed by atoms with van der Waals surface area (Å²) in [4.78, 5) is 49.6. The van der Waals surface area contributed by atoms with E-state index in [1.165, 1.54) is 17.4 Å². The summed E-state index contributed by atoms with van der Waals surface area (Å²) in [6, 6.07) is 13.3. The Hall–Kier alpha value is -4.44. The zero-order valence-corrected chi connectivity index (χ0v) is 22.0. The highest BCUT2D eigenvalue weighted by Crippen LogP contribution is 2.37. The molecule has 1 aliphatic carbocycles. The number of rotatable bonds is 8. The topological polar surface area (TPSA) is 138 Å². The summed E-state index contributed by atoms with van der Waals surface area (Å²) < 4.78 is 16.2. The highest BCUT2D eigenvalue weighted by atomic mass is 32.1. The minimum atomic E-state index is -0.654. The summed E-state index contributed by atoms with van der Waals surface area (Å²) in [6.07, 6.45) is 3.62. The van der Waals surface area contributed by atoms with Crippen molar-refractivity contribution in [3.63, 3.8) is 0 Å². The number of esters is 1. The molecule has 0 bridgehead atoms. The molecule has 10 heteroatoms. The van der Waals surface area contributed by atoms with Crippen LogP contribution in [0, 0.1) is 6.92 Å². The molecule has 5 rings (SSSR count). The summed E-state index contributed by atoms with van der Waals surface area (Å²) in [6.45, 7) is 1.57. The van der Waals surface area contributed by atoms with Crippen molar-refractivity contribution in [3.05, 3.63) is 91.6 Å². The molecule has 2 aromatic heterocycles. The van der Waals surface area contributed by atoms with Crippen molar-refractivity contribution in [2.24, 2.45) is 5.73 Å². The first-order valence-electron chi connectivity index (χ1n) is 12.5. The molecule has 0 saturated heterocycles. The van der Waals surface area contributed by atoms with Crippen LogP contribution in [0.4, 0.5) is 5.00 Å². The predicted octanol–water partition coefficient (Wildman–Crippen LogP) is 4.52. The van der Waals surface area contributed by atoms with Gasteiger partial charge < -0.3 is 24.9 Å². The molecule has 0 unspecified atom stereocenters. The number of amides is 2. The van der Waals surface area contributed by atoms with Crippen molar-refractivity contribution < 1.29 is 28.3 Å². The van der Waals surface area contributed by atoms with Crippen LogP contribution < -0.4 is 21.4 Å². The Labute approximate surface area is 227 Å². The van der Waals surface area contributed by atoms with Crippen molar-refractivity contribution in [1.82, 2.24) is 0 Å². The third-order valence-electron chi connectivity index (χ3n) is 6.52. The molecular formula is C29H26N2O7S. The number of ether oxygens (including phenoxy) is 2. The van der Waals surface area contributed by atoms with Crippen LogP contribution in [-0.2, 0) is 29.0 Å². The maximum atomic E-state index is 12.5. The minimum absolute atomic E-state index is 0.228. The maximum absolute atomic E-state index is 12.5. The lowest BCUT2D eigenvalue weighted by Crippen LogP contribution is -2.23. The second kappa shape index (κ2) is 11.1. The molecule has 1 aliphatic rings. The fraction of sp³-hybridized carbons (Fsp3) is 0.241. The number of hydrogen-bond donors (Lipinski definition) is 2. The van der Waals surface area contributed by atoms with Gasteiger partial charge in [-0.05, 0) is 73.6 Å². The third kappa shape index (κ3) is 5.85. The highest BCUT2D eigenvalue weighted by Gasteiger charge is 2.25. The summed E-state index contributed by atoms with van der Waals surface area (Å²) in [5.74, 6) is -1.24. The van der Waals surface area contributed by atoms with Gasteiger partial charge in [-0.3, -0.25) is 9.59 Å². The number of nitrogens with two attached hydrogens (primary N) is 1. The summed E-state index contributed by atoms with van der Waals surface area (Å²) in [5, 5.41) is 3.92. The molecule has 200 valence electrons. The van der Waals surface area contributed by atoms with Crippen LogP contribution in [0.3, 0.4) is 0 Å². The number of benzene rings is 2. The normalized spacial score (nSPS) is 12.5. The van der Waals surface area contributed by atoms with Gasteiger partial charge in [0.2, 0.25) is 0 Å². The Morgan fingerprint density at radius 2 is 1.82 bits per heavy atom. The molecule has 0 spiro atoms. The van der Waals surface area contributed by atoms with E-state index in [1.807, 2.05) is 13.0 Å². The Balaban J connectivity index is 1.15. The highest BCUT2D eigenvalue weighted by molar-refractivity contribution is 7.17. The number of primary amides is 1. The smallest absolute Gasteiger partial charge is 0.338 e. The number of fused-ring (bicyclic) bond motifs is 2. The van der Waals surface area contributed by atoms with Gasteiger partial charge >= 0.3 is 11.6 Å². The van der Waals surface area contributed by atoms with E-state index < -0.39 is 30.0 Å². The van der Waals surface area contributed by atoms with E-state index in [-0.39, 0.29) is 12.2 Å². The van der Waals surface area contributed by atoms with Crippen LogP contribution in [-0.4, -0.2) is 24.4 Å². The van der Waals surface area contributed by atoms with E-state index in [2.05, 4.69) is 5.32 Å². The van der Waals surface area contributed by atoms with Crippen LogP contribution in [0.5, 0.6) is 5.75 Å². The van der Waals surface area contributed by atoms with E-state index in [1.54, 1.807) is 36.4 Å². The minimum Gasteiger partial charge on any atom is -0.489 e. The van der Waals surface area contributed by atoms with Crippen molar-refractivity contribution in [3.8, 4) is 5.75 Å². The fourth-order valence-corrected chi connectivity index (χ4v) is 5.90. The number of carbonyl (C=O) groups excluding carboxylic acids is 3. The molecule has 4 aromatic rings. The second-order valence-corrected chi connectivity index (χ2v) is 10.4. The number of thiophene rings is 1. The van der Waals surface area contributed by atoms with Crippen LogP contribution in [0.1, 0.15) is 55.1 Å². The summed E-state index contributed by atoms with van der Waals surface area (Å²) >= 11 is 1.35. The first-order chi connectivity index (χ1) is 18.8. The molecule has 0 radical (unpaired) electrons. The van der Waals surface area contributed by atoms with Gasteiger partial charge in [0.15, 0.2) is 6.61 Å². The number of aryl methyl sites for hydroxylation is 2. The SMILES string of the molecule is Cc1cc(=O)oc2cc(OCc3ccc(C(=O)OCC(=O)Nc4sc5c(c4C(N)=O)CCCC5)cc3)ccc12. The second-order valence-electron chi connectivity index (χ2n) is 9.30. The average molecular weight is 547 g/mol. The lowest BCUT2D eigenvalue weighted by molar-refractivity contribution is -0.119. The quantitative estimate of drug-likeness (QED) is 0.245. The standard InChI is InChI=1S/C29H26N2O7S/c1-16-12-25(33)38-22-13-19(10-11-20(16)22)36-14-17-6-8-18(9-7-17)29(35)37-15-24(32)31-28-26(27(30)34)21-4-2-3-5-23(21)39-28/h6-13H,2-5,14-15H2,1H3,(H2,30,34)(H,31,32). The molecule has 39 heavy (non-hydrogen) atoms. The van der Waals surface area contributed by atoms with E-state index in [9.17, 15) is 19.2 Å². The van der Waals surface area contributed by atoms with Gasteiger partial charge in [0.25, 0.3) is 11.8 Å². The largest absolute Gasteiger partial charge is 0.489 e. The molecule has 2 heterocycles. The number of nitrogens with one attached hydrogen (secondary N) is 1. The third-order valence-corrected chi connectivity index (χ3v) is 7.73. The van der Waals surface area contributed by atoms with Gasteiger partial charge in [0.05, 0.1) is 11.1 Å². The summed E-state index contributed by atoms with van der Waals surface area (Å²) in [5.41, 5.74) is 8.77. The maximum Gasteiger partial charge on any atom is 0.338 e. The Morgan fingerprint density at radius 1 is 1.05 bits per heavy atom. The Bertz CT molecular complexity index is 1640. The van der Waals surface area contributed by atoms with Gasteiger partial charge in [-0.2, -0.15) is 0 Å². The Kier molecular flexibility index (Phi) is 7.47. The first-order valence-corrected chi connectivity index (χ1v) is 13.3. The monoisotopic (exact) mass is 546 g/mol. The van der Waals surface area contributed by atoms with Crippen LogP contribution in [0.25, 0.3) is 11.0 Å². The van der Waals surface area contributed by atoms with E-state index in [0.717, 1.165) is 52.6 Å². The van der Waals surface area contributed by atoms with Gasteiger partial charge in [-0.25, -0.2) is 9.59 Å². The lowest BCUT2D eigenvalue weighted by Gasteiger charge is -2.11. The molecular weight excluding hydrogens is 520 g/mol. The van der Waals surface area contributed by atoms with E-state index in [4.69, 9.17) is 19.6 Å². The molecule has 2 amide bonds. The van der Waals surface area contributed by atoms with Gasteiger partial charge in [0.1, 0.15) is 22.9 Å². The molecule has 0 fully saturated rings. The number of hydrogen-bond acceptors (Lipinski definition) is 8. The fourth-order valence-electron chi connectivity index (χ4n) is 4.59. The first kappa shape index (κ1) is 26.2. The average Bonchev–Trinajstić information content (AvgIpc) is 3.28. The van der Waals surface area contributed by atoms with Crippen molar-refractivity contribution in [2.75, 3.05) is 11.9 Å². The summed E-state index contributed by atoms with van der Waals surface area (Å²) in [7, 11) is 0. The van der Waals surface area contributed by atoms with Crippen molar-refractivity contribution in [2.45, 2.75) is 39.2 Å². The van der Waals surface area contributed by atoms with Crippen LogP contribution in [0.15, 0.2) is 57.7 Å².